The average Bonchev–Trinajstić information content (AvgIpc) is 2.09. The minimum Gasteiger partial charge on any atom is -0.237 e. The van der Waals surface area contributed by atoms with Crippen LogP contribution in [0.3, 0.4) is 0 Å². The fourth-order valence-electron chi connectivity index (χ4n) is 0.729. The molecule has 0 spiro atoms. The van der Waals surface area contributed by atoms with E-state index in [1.165, 1.54) is 0 Å². The van der Waals surface area contributed by atoms with Crippen molar-refractivity contribution in [1.29, 1.82) is 0 Å². The van der Waals surface area contributed by atoms with E-state index in [2.05, 4.69) is 31.9 Å². The van der Waals surface area contributed by atoms with Gasteiger partial charge in [0.25, 0.3) is 0 Å². The molecule has 1 aliphatic rings. The van der Waals surface area contributed by atoms with E-state index in [9.17, 15) is 22.0 Å². The van der Waals surface area contributed by atoms with Crippen LogP contribution in [0, 0.1) is 0 Å². The van der Waals surface area contributed by atoms with Gasteiger partial charge < -0.3 is 0 Å². The third-order valence-electron chi connectivity index (χ3n) is 1.43. The van der Waals surface area contributed by atoms with Crippen LogP contribution in [0.1, 0.15) is 0 Å². The second-order valence-corrected chi connectivity index (χ2v) is 5.84. The van der Waals surface area contributed by atoms with Crippen molar-refractivity contribution in [2.24, 2.45) is 0 Å². The largest absolute Gasteiger partial charge is 0.237 e. The van der Waals surface area contributed by atoms with Crippen LogP contribution >= 0.6 is 31.9 Å². The summed E-state index contributed by atoms with van der Waals surface area (Å²) in [6, 6.07) is 0. The van der Waals surface area contributed by atoms with Crippen molar-refractivity contribution in [2.45, 2.75) is 9.41 Å². The number of halogens is 7. The molecule has 0 bridgehead atoms. The lowest BCUT2D eigenvalue weighted by atomic mass is 10.1. The zero-order chi connectivity index (χ0) is 10.4. The first kappa shape index (κ1) is 11.2. The van der Waals surface area contributed by atoms with E-state index >= 15 is 0 Å². The van der Waals surface area contributed by atoms with Crippen LogP contribution in [0.5, 0.6) is 0 Å². The highest BCUT2D eigenvalue weighted by Crippen LogP contribution is 2.50. The normalized spacial score (nSPS) is 28.4. The molecule has 0 fully saturated rings. The molecule has 0 radical (unpaired) electrons. The van der Waals surface area contributed by atoms with Gasteiger partial charge in [0.05, 0.1) is 0 Å². The van der Waals surface area contributed by atoms with Crippen LogP contribution in [0.25, 0.3) is 0 Å². The monoisotopic (exact) mass is 326 g/mol. The van der Waals surface area contributed by atoms with E-state index in [-0.39, 0.29) is 0 Å². The van der Waals surface area contributed by atoms with Gasteiger partial charge in [-0.25, -0.2) is 22.0 Å². The highest BCUT2D eigenvalue weighted by Gasteiger charge is 2.49. The molecule has 0 amide bonds. The molecule has 0 aromatic carbocycles. The van der Waals surface area contributed by atoms with Crippen molar-refractivity contribution in [1.82, 2.24) is 0 Å². The Morgan fingerprint density at radius 2 is 1.46 bits per heavy atom. The van der Waals surface area contributed by atoms with Crippen molar-refractivity contribution < 1.29 is 22.0 Å². The maximum absolute atomic E-state index is 12.8. The molecule has 0 saturated heterocycles. The van der Waals surface area contributed by atoms with Crippen molar-refractivity contribution in [3.05, 3.63) is 23.3 Å². The third kappa shape index (κ3) is 1.56. The molecule has 1 aliphatic carbocycles. The first-order valence-corrected chi connectivity index (χ1v) is 4.52. The van der Waals surface area contributed by atoms with Crippen LogP contribution < -0.4 is 0 Å². The number of hydrogen-bond donors (Lipinski definition) is 0. The van der Waals surface area contributed by atoms with E-state index in [0.717, 1.165) is 0 Å². The minimum absolute atomic E-state index is 1.76. The second kappa shape index (κ2) is 3.34. The molecule has 0 aromatic rings. The first-order valence-electron chi connectivity index (χ1n) is 2.93. The SMILES string of the molecule is FC1=C(F)C(F)C(Br)(Br)C(F)=C1F. The van der Waals surface area contributed by atoms with Gasteiger partial charge in [-0.1, -0.05) is 31.9 Å². The maximum atomic E-state index is 12.8. The Morgan fingerprint density at radius 3 is 1.92 bits per heavy atom. The van der Waals surface area contributed by atoms with Gasteiger partial charge in [-0.3, -0.25) is 0 Å². The Kier molecular flexibility index (Phi) is 2.87. The number of alkyl halides is 3. The van der Waals surface area contributed by atoms with E-state index < -0.39 is 32.7 Å². The molecule has 0 aliphatic heterocycles. The molecule has 0 nitrogen and oxygen atoms in total. The minimum atomic E-state index is -2.65. The van der Waals surface area contributed by atoms with Crippen molar-refractivity contribution in [3.8, 4) is 0 Å². The van der Waals surface area contributed by atoms with Crippen LogP contribution in [-0.2, 0) is 0 Å². The summed E-state index contributed by atoms with van der Waals surface area (Å²) >= 11 is 4.72. The average molecular weight is 328 g/mol. The topological polar surface area (TPSA) is 0 Å². The Bertz CT molecular complexity index is 306. The van der Waals surface area contributed by atoms with Gasteiger partial charge in [-0.15, -0.1) is 0 Å². The molecule has 0 saturated carbocycles. The molecule has 0 N–H and O–H groups in total. The lowest BCUT2D eigenvalue weighted by Crippen LogP contribution is -2.32. The Balaban J connectivity index is 3.32. The van der Waals surface area contributed by atoms with Crippen LogP contribution in [0.15, 0.2) is 23.3 Å². The summed E-state index contributed by atoms with van der Waals surface area (Å²) in [7, 11) is 0. The predicted molar refractivity (Wildman–Crippen MR) is 44.0 cm³/mol. The van der Waals surface area contributed by atoms with Crippen molar-refractivity contribution in [3.63, 3.8) is 0 Å². The number of allylic oxidation sites excluding steroid dienone is 4. The molecular formula is C6HBr2F5. The van der Waals surface area contributed by atoms with Crippen LogP contribution in [-0.4, -0.2) is 9.41 Å². The lowest BCUT2D eigenvalue weighted by molar-refractivity contribution is 0.273. The zero-order valence-corrected chi connectivity index (χ0v) is 8.90. The smallest absolute Gasteiger partial charge is 0.196 e. The van der Waals surface area contributed by atoms with Gasteiger partial charge in [0.2, 0.25) is 0 Å². The maximum Gasteiger partial charge on any atom is 0.196 e. The zero-order valence-electron chi connectivity index (χ0n) is 5.72. The summed E-state index contributed by atoms with van der Waals surface area (Å²) in [5, 5.41) is 0. The Hall–Kier alpha value is 0.0900. The van der Waals surface area contributed by atoms with Crippen molar-refractivity contribution in [2.75, 3.05) is 0 Å². The lowest BCUT2D eigenvalue weighted by Gasteiger charge is -2.25. The van der Waals surface area contributed by atoms with E-state index in [1.54, 1.807) is 0 Å². The molecule has 0 heterocycles. The van der Waals surface area contributed by atoms with Gasteiger partial charge in [0.15, 0.2) is 32.7 Å². The molecule has 74 valence electrons. The fraction of sp³-hybridized carbons (Fsp3) is 0.333. The summed E-state index contributed by atoms with van der Waals surface area (Å²) in [6.07, 6.45) is -2.65. The molecular weight excluding hydrogens is 327 g/mol. The van der Waals surface area contributed by atoms with Gasteiger partial charge in [-0.05, 0) is 0 Å². The van der Waals surface area contributed by atoms with Gasteiger partial charge >= 0.3 is 0 Å². The molecule has 1 atom stereocenters. The molecule has 1 rings (SSSR count). The van der Waals surface area contributed by atoms with E-state index in [1.807, 2.05) is 0 Å². The quantitative estimate of drug-likeness (QED) is 0.463. The van der Waals surface area contributed by atoms with Gasteiger partial charge in [0.1, 0.15) is 0 Å². The third-order valence-corrected chi connectivity index (χ3v) is 2.93. The Labute approximate surface area is 86.7 Å². The number of hydrogen-bond acceptors (Lipinski definition) is 0. The highest BCUT2D eigenvalue weighted by molar-refractivity contribution is 9.25. The molecule has 0 aromatic heterocycles. The van der Waals surface area contributed by atoms with Crippen LogP contribution in [0.4, 0.5) is 22.0 Å². The van der Waals surface area contributed by atoms with E-state index in [4.69, 9.17) is 0 Å². The summed E-state index contributed by atoms with van der Waals surface area (Å²) in [5.74, 6) is -7.92. The molecule has 7 heteroatoms. The molecule has 1 unspecified atom stereocenters. The number of rotatable bonds is 0. The van der Waals surface area contributed by atoms with Crippen molar-refractivity contribution >= 4 is 31.9 Å². The summed E-state index contributed by atoms with van der Waals surface area (Å²) in [4.78, 5) is 0. The second-order valence-electron chi connectivity index (χ2n) is 2.28. The summed E-state index contributed by atoms with van der Waals surface area (Å²) in [5.41, 5.74) is 0. The predicted octanol–water partition coefficient (Wildman–Crippen LogP) is 4.13. The fourth-order valence-corrected chi connectivity index (χ4v) is 1.48. The standard InChI is InChI=1S/C6HBr2F5/c7-6(8)4(12)2(10)1(9)3(11)5(6)13/h4H. The Morgan fingerprint density at radius 1 is 1.00 bits per heavy atom. The highest BCUT2D eigenvalue weighted by atomic mass is 79.9. The summed E-state index contributed by atoms with van der Waals surface area (Å²) in [6.45, 7) is 0. The molecule has 13 heavy (non-hydrogen) atoms. The van der Waals surface area contributed by atoms with E-state index in [0.29, 0.717) is 0 Å². The van der Waals surface area contributed by atoms with Gasteiger partial charge in [0, 0.05) is 0 Å². The van der Waals surface area contributed by atoms with Crippen LogP contribution in [0.2, 0.25) is 0 Å². The first-order chi connectivity index (χ1) is 5.80. The summed E-state index contributed by atoms with van der Waals surface area (Å²) < 4.78 is 60.6. The van der Waals surface area contributed by atoms with Gasteiger partial charge in [-0.2, -0.15) is 0 Å².